The molecule has 2 saturated heterocycles. The zero-order valence-electron chi connectivity index (χ0n) is 14.9. The Hall–Kier alpha value is -1.92. The van der Waals surface area contributed by atoms with Crippen molar-refractivity contribution in [1.29, 1.82) is 0 Å². The van der Waals surface area contributed by atoms with Gasteiger partial charge in [-0.05, 0) is 37.5 Å². The molecule has 7 heteroatoms. The van der Waals surface area contributed by atoms with Crippen molar-refractivity contribution in [2.75, 3.05) is 19.6 Å². The predicted octanol–water partition coefficient (Wildman–Crippen LogP) is 3.06. The third-order valence-corrected chi connectivity index (χ3v) is 5.39. The Bertz CT molecular complexity index is 793. The second-order valence-corrected chi connectivity index (χ2v) is 7.34. The van der Waals surface area contributed by atoms with E-state index in [0.717, 1.165) is 18.7 Å². The van der Waals surface area contributed by atoms with E-state index in [-0.39, 0.29) is 36.2 Å². The van der Waals surface area contributed by atoms with Crippen LogP contribution in [0.2, 0.25) is 0 Å². The molecule has 2 aliphatic rings. The van der Waals surface area contributed by atoms with E-state index in [1.54, 1.807) is 23.0 Å². The lowest BCUT2D eigenvalue weighted by Gasteiger charge is -2.28. The number of aromatic nitrogens is 2. The van der Waals surface area contributed by atoms with E-state index < -0.39 is 0 Å². The topological polar surface area (TPSA) is 50.2 Å². The Morgan fingerprint density at radius 2 is 2.15 bits per heavy atom. The number of nitrogens with one attached hydrogen (secondary N) is 1. The Balaban J connectivity index is 0.00000196. The quantitative estimate of drug-likeness (QED) is 0.893. The average molecular weight is 379 g/mol. The number of benzene rings is 1. The molecule has 0 radical (unpaired) electrons. The van der Waals surface area contributed by atoms with Gasteiger partial charge in [-0.15, -0.1) is 12.4 Å². The number of amides is 1. The molecular weight excluding hydrogens is 355 g/mol. The molecule has 5 nitrogen and oxygen atoms in total. The van der Waals surface area contributed by atoms with Gasteiger partial charge in [-0.1, -0.05) is 12.1 Å². The molecule has 1 aromatic carbocycles. The maximum Gasteiger partial charge on any atom is 0.257 e. The summed E-state index contributed by atoms with van der Waals surface area (Å²) in [6.45, 7) is 6.53. The zero-order valence-corrected chi connectivity index (χ0v) is 15.7. The van der Waals surface area contributed by atoms with Gasteiger partial charge >= 0.3 is 0 Å². The fourth-order valence-corrected chi connectivity index (χ4v) is 4.14. The second-order valence-electron chi connectivity index (χ2n) is 7.34. The van der Waals surface area contributed by atoms with Crippen molar-refractivity contribution in [3.05, 3.63) is 53.6 Å². The second kappa shape index (κ2) is 7.37. The van der Waals surface area contributed by atoms with E-state index in [0.29, 0.717) is 23.9 Å². The van der Waals surface area contributed by atoms with Crippen LogP contribution in [0.25, 0.3) is 0 Å². The number of fused-ring (bicyclic) bond motifs is 1. The third-order valence-electron chi connectivity index (χ3n) is 5.39. The van der Waals surface area contributed by atoms with Crippen LogP contribution < -0.4 is 5.32 Å². The summed E-state index contributed by atoms with van der Waals surface area (Å²) in [5.74, 6) is 0.464. The number of carbonyl (C=O) groups is 1. The molecule has 0 bridgehead atoms. The lowest BCUT2D eigenvalue weighted by atomic mass is 9.89. The third kappa shape index (κ3) is 3.23. The highest BCUT2D eigenvalue weighted by atomic mass is 35.5. The Labute approximate surface area is 159 Å². The molecule has 140 valence electrons. The highest BCUT2D eigenvalue weighted by molar-refractivity contribution is 5.94. The fourth-order valence-electron chi connectivity index (χ4n) is 4.14. The summed E-state index contributed by atoms with van der Waals surface area (Å²) >= 11 is 0. The smallest absolute Gasteiger partial charge is 0.257 e. The zero-order chi connectivity index (χ0) is 17.6. The minimum Gasteiger partial charge on any atom is -0.331 e. The number of likely N-dealkylation sites (tertiary alicyclic amines) is 1. The van der Waals surface area contributed by atoms with Gasteiger partial charge in [0.2, 0.25) is 0 Å². The largest absolute Gasteiger partial charge is 0.331 e. The number of carbonyl (C=O) groups excluding carboxylic acids is 1. The van der Waals surface area contributed by atoms with Crippen LogP contribution in [0.5, 0.6) is 0 Å². The van der Waals surface area contributed by atoms with Crippen LogP contribution in [-0.4, -0.2) is 40.2 Å². The van der Waals surface area contributed by atoms with Gasteiger partial charge in [0.1, 0.15) is 5.82 Å². The highest BCUT2D eigenvalue weighted by Gasteiger charge is 2.47. The van der Waals surface area contributed by atoms with E-state index >= 15 is 0 Å². The van der Waals surface area contributed by atoms with Crippen molar-refractivity contribution in [3.63, 3.8) is 0 Å². The molecule has 3 atom stereocenters. The van der Waals surface area contributed by atoms with Crippen LogP contribution in [0.1, 0.15) is 41.9 Å². The van der Waals surface area contributed by atoms with Crippen LogP contribution in [0.3, 0.4) is 0 Å². The molecule has 0 unspecified atom stereocenters. The van der Waals surface area contributed by atoms with Gasteiger partial charge in [0.15, 0.2) is 0 Å². The van der Waals surface area contributed by atoms with Gasteiger partial charge in [0.25, 0.3) is 5.91 Å². The van der Waals surface area contributed by atoms with Gasteiger partial charge in [-0.3, -0.25) is 9.48 Å². The molecule has 2 aliphatic heterocycles. The van der Waals surface area contributed by atoms with E-state index in [1.807, 2.05) is 31.0 Å². The molecule has 2 aromatic rings. The van der Waals surface area contributed by atoms with Crippen LogP contribution in [0, 0.1) is 17.7 Å². The van der Waals surface area contributed by atoms with Gasteiger partial charge < -0.3 is 10.2 Å². The molecular formula is C19H24ClFN4O. The van der Waals surface area contributed by atoms with Gasteiger partial charge in [-0.2, -0.15) is 5.10 Å². The van der Waals surface area contributed by atoms with Crippen molar-refractivity contribution in [2.24, 2.45) is 11.8 Å². The fraction of sp³-hybridized carbons (Fsp3) is 0.474. The summed E-state index contributed by atoms with van der Waals surface area (Å²) in [7, 11) is 0. The van der Waals surface area contributed by atoms with Crippen LogP contribution >= 0.6 is 12.4 Å². The molecule has 2 fully saturated rings. The Morgan fingerprint density at radius 3 is 2.85 bits per heavy atom. The highest BCUT2D eigenvalue weighted by Crippen LogP contribution is 2.43. The molecule has 26 heavy (non-hydrogen) atoms. The molecule has 3 heterocycles. The molecule has 1 aromatic heterocycles. The van der Waals surface area contributed by atoms with Crippen molar-refractivity contribution in [1.82, 2.24) is 20.0 Å². The van der Waals surface area contributed by atoms with E-state index in [2.05, 4.69) is 10.4 Å². The first-order valence-corrected chi connectivity index (χ1v) is 8.86. The van der Waals surface area contributed by atoms with E-state index in [9.17, 15) is 9.18 Å². The number of nitrogens with zero attached hydrogens (tertiary/aromatic N) is 3. The Kier molecular flexibility index (Phi) is 5.34. The summed E-state index contributed by atoms with van der Waals surface area (Å²) in [5, 5.41) is 7.70. The predicted molar refractivity (Wildman–Crippen MR) is 99.9 cm³/mol. The molecule has 0 saturated carbocycles. The maximum atomic E-state index is 13.8. The molecule has 0 spiro atoms. The van der Waals surface area contributed by atoms with E-state index in [4.69, 9.17) is 0 Å². The van der Waals surface area contributed by atoms with Gasteiger partial charge in [0.05, 0.1) is 17.8 Å². The monoisotopic (exact) mass is 378 g/mol. The minimum atomic E-state index is -0.257. The van der Waals surface area contributed by atoms with Gasteiger partial charge in [0, 0.05) is 37.8 Å². The van der Waals surface area contributed by atoms with Crippen molar-refractivity contribution < 1.29 is 9.18 Å². The lowest BCUT2D eigenvalue weighted by Crippen LogP contribution is -2.34. The van der Waals surface area contributed by atoms with Crippen LogP contribution in [0.15, 0.2) is 36.7 Å². The summed E-state index contributed by atoms with van der Waals surface area (Å²) in [5.41, 5.74) is 1.48. The average Bonchev–Trinajstić information content (AvgIpc) is 3.29. The summed E-state index contributed by atoms with van der Waals surface area (Å²) in [6, 6.07) is 6.77. The molecule has 1 amide bonds. The molecule has 1 N–H and O–H groups in total. The van der Waals surface area contributed by atoms with Crippen molar-refractivity contribution in [2.45, 2.75) is 25.9 Å². The van der Waals surface area contributed by atoms with Crippen LogP contribution in [0.4, 0.5) is 4.39 Å². The Morgan fingerprint density at radius 1 is 1.35 bits per heavy atom. The van der Waals surface area contributed by atoms with Crippen LogP contribution in [-0.2, 0) is 0 Å². The van der Waals surface area contributed by atoms with Gasteiger partial charge in [-0.25, -0.2) is 4.39 Å². The first kappa shape index (κ1) is 18.9. The number of halogens is 2. The number of hydrogen-bond acceptors (Lipinski definition) is 3. The number of rotatable bonds is 3. The lowest BCUT2D eigenvalue weighted by molar-refractivity contribution is 0.0713. The van der Waals surface area contributed by atoms with Crippen molar-refractivity contribution >= 4 is 18.3 Å². The standard InChI is InChI=1S/C19H23FN4O.ClH/c1-12(2)24-11-15(8-22-24)19(25)23-10-14-7-21-9-17(14)18(23)13-4-3-5-16(20)6-13;/h3-6,8,11-12,14,17-18,21H,7,9-10H2,1-2H3;1H/t14-,17-,18+;/m0./s1. The summed E-state index contributed by atoms with van der Waals surface area (Å²) in [4.78, 5) is 15.1. The van der Waals surface area contributed by atoms with Crippen molar-refractivity contribution in [3.8, 4) is 0 Å². The summed E-state index contributed by atoms with van der Waals surface area (Å²) < 4.78 is 15.6. The molecule has 4 rings (SSSR count). The maximum absolute atomic E-state index is 13.8. The summed E-state index contributed by atoms with van der Waals surface area (Å²) in [6.07, 6.45) is 3.44. The minimum absolute atomic E-state index is 0. The molecule has 0 aliphatic carbocycles. The first-order chi connectivity index (χ1) is 12.0. The SMILES string of the molecule is CC(C)n1cc(C(=O)N2C[C@@H]3CNC[C@@H]3[C@H]2c2cccc(F)c2)cn1.Cl. The number of hydrogen-bond donors (Lipinski definition) is 1. The normalized spacial score (nSPS) is 24.6. The van der Waals surface area contributed by atoms with E-state index in [1.165, 1.54) is 6.07 Å². The first-order valence-electron chi connectivity index (χ1n) is 8.86.